The number of ether oxygens (including phenoxy) is 1. The van der Waals surface area contributed by atoms with E-state index >= 15 is 0 Å². The molecule has 0 radical (unpaired) electrons. The number of carbonyl (C=O) groups is 1. The Morgan fingerprint density at radius 3 is 2.67 bits per heavy atom. The lowest BCUT2D eigenvalue weighted by molar-refractivity contribution is 0.240. The van der Waals surface area contributed by atoms with Crippen LogP contribution in [0.5, 0.6) is 5.88 Å². The summed E-state index contributed by atoms with van der Waals surface area (Å²) in [5.74, 6) is 1.57. The molecule has 1 aliphatic heterocycles. The molecule has 0 aliphatic carbocycles. The lowest BCUT2D eigenvalue weighted by atomic mass is 10.1. The minimum Gasteiger partial charge on any atom is -0.478 e. The summed E-state index contributed by atoms with van der Waals surface area (Å²) in [5, 5.41) is 5.69. The van der Waals surface area contributed by atoms with Crippen molar-refractivity contribution in [1.29, 1.82) is 0 Å². The molecule has 0 bridgehead atoms. The number of urea groups is 1. The molecule has 27 heavy (non-hydrogen) atoms. The van der Waals surface area contributed by atoms with Crippen LogP contribution in [0.1, 0.15) is 37.3 Å². The number of nitrogens with one attached hydrogen (secondary N) is 2. The first kappa shape index (κ1) is 18.9. The van der Waals surface area contributed by atoms with Crippen LogP contribution in [0.3, 0.4) is 0 Å². The number of rotatable bonds is 7. The molecule has 0 spiro atoms. The number of amides is 2. The zero-order valence-corrected chi connectivity index (χ0v) is 15.8. The maximum absolute atomic E-state index is 12.1. The molecule has 1 fully saturated rings. The minimum atomic E-state index is -0.235. The Labute approximate surface area is 160 Å². The molecule has 2 amide bonds. The molecule has 0 unspecified atom stereocenters. The molecule has 144 valence electrons. The lowest BCUT2D eigenvalue weighted by Crippen LogP contribution is -2.34. The SMILES string of the molecule is CCOc1ncccc1CNC(=O)NCc1ccc(N2CCCCC2)nc1. The van der Waals surface area contributed by atoms with E-state index in [9.17, 15) is 4.79 Å². The van der Waals surface area contributed by atoms with Crippen LogP contribution in [0.4, 0.5) is 10.6 Å². The van der Waals surface area contributed by atoms with Crippen LogP contribution in [0, 0.1) is 0 Å². The van der Waals surface area contributed by atoms with E-state index in [1.165, 1.54) is 19.3 Å². The van der Waals surface area contributed by atoms with Crippen molar-refractivity contribution in [1.82, 2.24) is 20.6 Å². The second-order valence-corrected chi connectivity index (χ2v) is 6.51. The average Bonchev–Trinajstić information content (AvgIpc) is 2.73. The minimum absolute atomic E-state index is 0.235. The van der Waals surface area contributed by atoms with Gasteiger partial charge in [-0.05, 0) is 43.9 Å². The zero-order chi connectivity index (χ0) is 18.9. The molecule has 3 heterocycles. The van der Waals surface area contributed by atoms with Gasteiger partial charge in [-0.15, -0.1) is 0 Å². The van der Waals surface area contributed by atoms with Crippen LogP contribution in [0.15, 0.2) is 36.7 Å². The van der Waals surface area contributed by atoms with Crippen LogP contribution in [0.25, 0.3) is 0 Å². The summed E-state index contributed by atoms with van der Waals surface area (Å²) >= 11 is 0. The molecular weight excluding hydrogens is 342 g/mol. The highest BCUT2D eigenvalue weighted by Crippen LogP contribution is 2.17. The number of aromatic nitrogens is 2. The molecule has 7 nitrogen and oxygen atoms in total. The standard InChI is InChI=1S/C20H27N5O2/c1-2-27-19-17(7-6-10-21-19)15-24-20(26)23-14-16-8-9-18(22-13-16)25-11-4-3-5-12-25/h6-10,13H,2-5,11-12,14-15H2,1H3,(H2,23,24,26). The third-order valence-corrected chi connectivity index (χ3v) is 4.51. The summed E-state index contributed by atoms with van der Waals surface area (Å²) in [5.41, 5.74) is 1.82. The van der Waals surface area contributed by atoms with E-state index in [1.54, 1.807) is 6.20 Å². The summed E-state index contributed by atoms with van der Waals surface area (Å²) in [6, 6.07) is 7.53. The van der Waals surface area contributed by atoms with Gasteiger partial charge in [0.2, 0.25) is 5.88 Å². The van der Waals surface area contributed by atoms with Crippen molar-refractivity contribution in [2.24, 2.45) is 0 Å². The first-order valence-corrected chi connectivity index (χ1v) is 9.54. The van der Waals surface area contributed by atoms with Crippen molar-refractivity contribution >= 4 is 11.8 Å². The molecule has 3 rings (SSSR count). The average molecular weight is 369 g/mol. The Morgan fingerprint density at radius 2 is 1.93 bits per heavy atom. The van der Waals surface area contributed by atoms with Gasteiger partial charge < -0.3 is 20.3 Å². The van der Waals surface area contributed by atoms with Gasteiger partial charge in [0, 0.05) is 44.1 Å². The maximum atomic E-state index is 12.1. The highest BCUT2D eigenvalue weighted by molar-refractivity contribution is 5.73. The van der Waals surface area contributed by atoms with E-state index in [0.717, 1.165) is 30.0 Å². The number of nitrogens with zero attached hydrogens (tertiary/aromatic N) is 3. The third kappa shape index (κ3) is 5.57. The number of anilines is 1. The van der Waals surface area contributed by atoms with E-state index in [1.807, 2.05) is 37.4 Å². The smallest absolute Gasteiger partial charge is 0.315 e. The van der Waals surface area contributed by atoms with Crippen molar-refractivity contribution in [3.63, 3.8) is 0 Å². The van der Waals surface area contributed by atoms with Crippen LogP contribution >= 0.6 is 0 Å². The number of carbonyl (C=O) groups excluding carboxylic acids is 1. The van der Waals surface area contributed by atoms with Crippen LogP contribution < -0.4 is 20.3 Å². The molecule has 2 aromatic rings. The first-order chi connectivity index (χ1) is 13.3. The normalized spacial score (nSPS) is 13.9. The van der Waals surface area contributed by atoms with Crippen molar-refractivity contribution in [2.45, 2.75) is 39.3 Å². The van der Waals surface area contributed by atoms with Crippen molar-refractivity contribution in [2.75, 3.05) is 24.6 Å². The van der Waals surface area contributed by atoms with E-state index < -0.39 is 0 Å². The Morgan fingerprint density at radius 1 is 1.11 bits per heavy atom. The molecule has 0 aromatic carbocycles. The van der Waals surface area contributed by atoms with Gasteiger partial charge in [0.15, 0.2) is 0 Å². The number of hydrogen-bond acceptors (Lipinski definition) is 5. The second kappa shape index (κ2) is 9.75. The third-order valence-electron chi connectivity index (χ3n) is 4.51. The lowest BCUT2D eigenvalue weighted by Gasteiger charge is -2.27. The highest BCUT2D eigenvalue weighted by atomic mass is 16.5. The molecular formula is C20H27N5O2. The first-order valence-electron chi connectivity index (χ1n) is 9.54. The topological polar surface area (TPSA) is 79.4 Å². The van der Waals surface area contributed by atoms with Gasteiger partial charge >= 0.3 is 6.03 Å². The molecule has 0 atom stereocenters. The van der Waals surface area contributed by atoms with Gasteiger partial charge in [-0.25, -0.2) is 14.8 Å². The van der Waals surface area contributed by atoms with Crippen molar-refractivity contribution < 1.29 is 9.53 Å². The second-order valence-electron chi connectivity index (χ2n) is 6.51. The quantitative estimate of drug-likeness (QED) is 0.785. The Balaban J connectivity index is 1.45. The van der Waals surface area contributed by atoms with E-state index in [4.69, 9.17) is 4.74 Å². The highest BCUT2D eigenvalue weighted by Gasteiger charge is 2.12. The van der Waals surface area contributed by atoms with Gasteiger partial charge in [0.25, 0.3) is 0 Å². The van der Waals surface area contributed by atoms with Gasteiger partial charge in [0.05, 0.1) is 6.61 Å². The van der Waals surface area contributed by atoms with Gasteiger partial charge in [-0.2, -0.15) is 0 Å². The molecule has 7 heteroatoms. The maximum Gasteiger partial charge on any atom is 0.315 e. The predicted molar refractivity (Wildman–Crippen MR) is 105 cm³/mol. The Kier molecular flexibility index (Phi) is 6.84. The van der Waals surface area contributed by atoms with Crippen LogP contribution in [-0.4, -0.2) is 35.7 Å². The van der Waals surface area contributed by atoms with E-state index in [0.29, 0.717) is 25.6 Å². The molecule has 2 aromatic heterocycles. The number of piperidine rings is 1. The fraction of sp³-hybridized carbons (Fsp3) is 0.450. The summed E-state index contributed by atoms with van der Waals surface area (Å²) < 4.78 is 5.46. The zero-order valence-electron chi connectivity index (χ0n) is 15.8. The molecule has 2 N–H and O–H groups in total. The number of pyridine rings is 2. The molecule has 1 aliphatic rings. The van der Waals surface area contributed by atoms with Crippen LogP contribution in [0.2, 0.25) is 0 Å². The van der Waals surface area contributed by atoms with Gasteiger partial charge in [-0.1, -0.05) is 12.1 Å². The van der Waals surface area contributed by atoms with E-state index in [-0.39, 0.29) is 6.03 Å². The molecule has 0 saturated carbocycles. The largest absolute Gasteiger partial charge is 0.478 e. The fourth-order valence-electron chi connectivity index (χ4n) is 3.08. The predicted octanol–water partition coefficient (Wildman–Crippen LogP) is 2.87. The summed E-state index contributed by atoms with van der Waals surface area (Å²) in [6.45, 7) is 5.39. The summed E-state index contributed by atoms with van der Waals surface area (Å²) in [6.07, 6.45) is 7.27. The number of hydrogen-bond donors (Lipinski definition) is 2. The summed E-state index contributed by atoms with van der Waals surface area (Å²) in [4.78, 5) is 23.1. The monoisotopic (exact) mass is 369 g/mol. The Hall–Kier alpha value is -2.83. The van der Waals surface area contributed by atoms with Crippen molar-refractivity contribution in [3.05, 3.63) is 47.8 Å². The van der Waals surface area contributed by atoms with Gasteiger partial charge in [-0.3, -0.25) is 0 Å². The fourth-order valence-corrected chi connectivity index (χ4v) is 3.08. The summed E-state index contributed by atoms with van der Waals surface area (Å²) in [7, 11) is 0. The van der Waals surface area contributed by atoms with Crippen LogP contribution in [-0.2, 0) is 13.1 Å². The molecule has 1 saturated heterocycles. The Bertz CT molecular complexity index is 729. The van der Waals surface area contributed by atoms with Gasteiger partial charge in [0.1, 0.15) is 5.82 Å². The van der Waals surface area contributed by atoms with E-state index in [2.05, 4.69) is 25.5 Å². The van der Waals surface area contributed by atoms with Crippen molar-refractivity contribution in [3.8, 4) is 5.88 Å².